The van der Waals surface area contributed by atoms with Crippen molar-refractivity contribution in [3.05, 3.63) is 82.9 Å². The minimum Gasteiger partial charge on any atom is -0.268 e. The van der Waals surface area contributed by atoms with Gasteiger partial charge in [-0.25, -0.2) is 0 Å². The van der Waals surface area contributed by atoms with Crippen molar-refractivity contribution in [2.24, 2.45) is 0 Å². The molecule has 0 unspecified atom stereocenters. The summed E-state index contributed by atoms with van der Waals surface area (Å²) in [4.78, 5) is 23.4. The van der Waals surface area contributed by atoms with Crippen LogP contribution in [0.4, 0.5) is 0 Å². The number of carbonyl (C=O) groups excluding carboxylic acids is 2. The quantitative estimate of drug-likeness (QED) is 0.650. The maximum absolute atomic E-state index is 11.7. The van der Waals surface area contributed by atoms with Gasteiger partial charge in [-0.3, -0.25) is 20.4 Å². The van der Waals surface area contributed by atoms with Crippen LogP contribution >= 0.6 is 0 Å². The van der Waals surface area contributed by atoms with E-state index in [2.05, 4.69) is 17.8 Å². The van der Waals surface area contributed by atoms with Crippen LogP contribution in [0.1, 0.15) is 29.2 Å². The molecule has 0 atom stereocenters. The van der Waals surface area contributed by atoms with E-state index in [1.165, 1.54) is 17.7 Å². The van der Waals surface area contributed by atoms with Gasteiger partial charge in [-0.15, -0.1) is 0 Å². The number of hydrogen-bond donors (Lipinski definition) is 2. The number of carbonyl (C=O) groups is 2. The standard InChI is InChI=1S/C21H22N2O2/c1-3-17-8-10-19(11-9-17)13-15-21(25)23-22-20(24)14-12-18-6-4-16(2)5-7-18/h4-15H,3H2,1-2H3,(H,22,24)(H,23,25). The molecule has 0 aliphatic heterocycles. The fraction of sp³-hybridized carbons (Fsp3) is 0.143. The molecule has 0 saturated carbocycles. The predicted molar refractivity (Wildman–Crippen MR) is 101 cm³/mol. The Balaban J connectivity index is 1.79. The van der Waals surface area contributed by atoms with Gasteiger partial charge in [0.1, 0.15) is 0 Å². The molecule has 2 aromatic rings. The van der Waals surface area contributed by atoms with Gasteiger partial charge in [-0.2, -0.15) is 0 Å². The van der Waals surface area contributed by atoms with Crippen LogP contribution in [0, 0.1) is 6.92 Å². The maximum Gasteiger partial charge on any atom is 0.262 e. The molecular formula is C21H22N2O2. The second-order valence-electron chi connectivity index (χ2n) is 5.65. The van der Waals surface area contributed by atoms with Crippen LogP contribution in [0.15, 0.2) is 60.7 Å². The highest BCUT2D eigenvalue weighted by Crippen LogP contribution is 2.06. The smallest absolute Gasteiger partial charge is 0.262 e. The summed E-state index contributed by atoms with van der Waals surface area (Å²) < 4.78 is 0. The van der Waals surface area contributed by atoms with E-state index in [1.807, 2.05) is 55.5 Å². The third-order valence-corrected chi connectivity index (χ3v) is 3.63. The highest BCUT2D eigenvalue weighted by atomic mass is 16.2. The monoisotopic (exact) mass is 334 g/mol. The van der Waals surface area contributed by atoms with Crippen LogP contribution in [-0.2, 0) is 16.0 Å². The lowest BCUT2D eigenvalue weighted by Crippen LogP contribution is -2.39. The van der Waals surface area contributed by atoms with Crippen molar-refractivity contribution >= 4 is 24.0 Å². The molecule has 2 amide bonds. The van der Waals surface area contributed by atoms with Gasteiger partial charge in [0.2, 0.25) is 0 Å². The molecule has 0 heterocycles. The number of rotatable bonds is 5. The Hall–Kier alpha value is -3.14. The molecular weight excluding hydrogens is 312 g/mol. The first-order valence-corrected chi connectivity index (χ1v) is 8.18. The Bertz CT molecular complexity index is 773. The number of amides is 2. The minimum absolute atomic E-state index is 0.392. The molecule has 128 valence electrons. The molecule has 4 nitrogen and oxygen atoms in total. The lowest BCUT2D eigenvalue weighted by Gasteiger charge is -2.02. The summed E-state index contributed by atoms with van der Waals surface area (Å²) in [5, 5.41) is 0. The molecule has 4 heteroatoms. The van der Waals surface area contributed by atoms with Gasteiger partial charge in [-0.05, 0) is 42.2 Å². The summed E-state index contributed by atoms with van der Waals surface area (Å²) in [5.74, 6) is -0.786. The van der Waals surface area contributed by atoms with Crippen LogP contribution in [0.3, 0.4) is 0 Å². The first-order chi connectivity index (χ1) is 12.1. The Morgan fingerprint density at radius 2 is 1.24 bits per heavy atom. The van der Waals surface area contributed by atoms with Crippen molar-refractivity contribution in [3.8, 4) is 0 Å². The van der Waals surface area contributed by atoms with Crippen molar-refractivity contribution in [1.29, 1.82) is 0 Å². The Kier molecular flexibility index (Phi) is 6.72. The summed E-state index contributed by atoms with van der Waals surface area (Å²) in [7, 11) is 0. The van der Waals surface area contributed by atoms with Crippen LogP contribution in [-0.4, -0.2) is 11.8 Å². The van der Waals surface area contributed by atoms with E-state index in [-0.39, 0.29) is 0 Å². The van der Waals surface area contributed by atoms with Gasteiger partial charge in [-0.1, -0.05) is 61.0 Å². The van der Waals surface area contributed by atoms with Crippen LogP contribution in [0.25, 0.3) is 12.2 Å². The maximum atomic E-state index is 11.7. The largest absolute Gasteiger partial charge is 0.268 e. The zero-order chi connectivity index (χ0) is 18.1. The summed E-state index contributed by atoms with van der Waals surface area (Å²) in [6.07, 6.45) is 7.12. The lowest BCUT2D eigenvalue weighted by atomic mass is 10.1. The van der Waals surface area contributed by atoms with Crippen molar-refractivity contribution in [3.63, 3.8) is 0 Å². The molecule has 0 saturated heterocycles. The van der Waals surface area contributed by atoms with Crippen molar-refractivity contribution < 1.29 is 9.59 Å². The molecule has 0 aromatic heterocycles. The zero-order valence-corrected chi connectivity index (χ0v) is 14.5. The highest BCUT2D eigenvalue weighted by molar-refractivity contribution is 5.96. The zero-order valence-electron chi connectivity index (χ0n) is 14.5. The molecule has 0 fully saturated rings. The van der Waals surface area contributed by atoms with E-state index in [0.29, 0.717) is 0 Å². The fourth-order valence-electron chi connectivity index (χ4n) is 2.09. The molecule has 0 radical (unpaired) electrons. The summed E-state index contributed by atoms with van der Waals surface area (Å²) in [6.45, 7) is 4.09. The normalized spacial score (nSPS) is 11.0. The van der Waals surface area contributed by atoms with Gasteiger partial charge < -0.3 is 0 Å². The number of benzene rings is 2. The highest BCUT2D eigenvalue weighted by Gasteiger charge is 1.98. The third-order valence-electron chi connectivity index (χ3n) is 3.63. The van der Waals surface area contributed by atoms with E-state index < -0.39 is 11.8 Å². The number of hydrogen-bond acceptors (Lipinski definition) is 2. The van der Waals surface area contributed by atoms with Crippen LogP contribution < -0.4 is 10.9 Å². The second-order valence-corrected chi connectivity index (χ2v) is 5.65. The van der Waals surface area contributed by atoms with E-state index in [0.717, 1.165) is 23.1 Å². The molecule has 25 heavy (non-hydrogen) atoms. The first-order valence-electron chi connectivity index (χ1n) is 8.18. The van der Waals surface area contributed by atoms with Gasteiger partial charge >= 0.3 is 0 Å². The number of aryl methyl sites for hydroxylation is 2. The Morgan fingerprint density at radius 1 is 0.800 bits per heavy atom. The summed E-state index contributed by atoms with van der Waals surface area (Å²) >= 11 is 0. The Morgan fingerprint density at radius 3 is 1.68 bits per heavy atom. The minimum atomic E-state index is -0.394. The van der Waals surface area contributed by atoms with Gasteiger partial charge in [0.15, 0.2) is 0 Å². The average Bonchev–Trinajstić information content (AvgIpc) is 2.64. The van der Waals surface area contributed by atoms with Crippen LogP contribution in [0.2, 0.25) is 0 Å². The van der Waals surface area contributed by atoms with Crippen molar-refractivity contribution in [1.82, 2.24) is 10.9 Å². The van der Waals surface area contributed by atoms with E-state index in [4.69, 9.17) is 0 Å². The number of nitrogens with one attached hydrogen (secondary N) is 2. The topological polar surface area (TPSA) is 58.2 Å². The molecule has 0 bridgehead atoms. The SMILES string of the molecule is CCc1ccc(C=CC(=O)NNC(=O)C=Cc2ccc(C)cc2)cc1. The molecule has 2 N–H and O–H groups in total. The second kappa shape index (κ2) is 9.23. The summed E-state index contributed by atoms with van der Waals surface area (Å²) in [5.41, 5.74) is 8.94. The Labute approximate surface area is 148 Å². The lowest BCUT2D eigenvalue weighted by molar-refractivity contribution is -0.123. The third kappa shape index (κ3) is 6.47. The van der Waals surface area contributed by atoms with E-state index in [9.17, 15) is 9.59 Å². The van der Waals surface area contributed by atoms with E-state index >= 15 is 0 Å². The molecule has 0 aliphatic carbocycles. The molecule has 0 spiro atoms. The van der Waals surface area contributed by atoms with Gasteiger partial charge in [0, 0.05) is 12.2 Å². The molecule has 0 aliphatic rings. The number of hydrazine groups is 1. The average molecular weight is 334 g/mol. The van der Waals surface area contributed by atoms with E-state index in [1.54, 1.807) is 12.2 Å². The van der Waals surface area contributed by atoms with Crippen molar-refractivity contribution in [2.45, 2.75) is 20.3 Å². The predicted octanol–water partition coefficient (Wildman–Crippen LogP) is 3.43. The summed E-state index contributed by atoms with van der Waals surface area (Å²) in [6, 6.07) is 15.7. The van der Waals surface area contributed by atoms with Gasteiger partial charge in [0.05, 0.1) is 0 Å². The molecule has 2 rings (SSSR count). The first kappa shape index (κ1) is 18.2. The fourth-order valence-corrected chi connectivity index (χ4v) is 2.09. The molecule has 2 aromatic carbocycles. The van der Waals surface area contributed by atoms with Crippen LogP contribution in [0.5, 0.6) is 0 Å². The van der Waals surface area contributed by atoms with Gasteiger partial charge in [0.25, 0.3) is 11.8 Å². The van der Waals surface area contributed by atoms with Crippen molar-refractivity contribution in [2.75, 3.05) is 0 Å².